The summed E-state index contributed by atoms with van der Waals surface area (Å²) in [7, 11) is 1.62. The molecule has 168 valence electrons. The molecule has 1 fully saturated rings. The van der Waals surface area contributed by atoms with Gasteiger partial charge in [0.15, 0.2) is 5.17 Å². The number of hydrogen-bond acceptors (Lipinski definition) is 5. The Hall–Kier alpha value is -4.03. The molecule has 0 radical (unpaired) electrons. The van der Waals surface area contributed by atoms with Crippen LogP contribution < -0.4 is 14.8 Å². The number of benzene rings is 4. The maximum Gasteiger partial charge on any atom is 0.264 e. The number of methoxy groups -OCH3 is 1. The van der Waals surface area contributed by atoms with Gasteiger partial charge in [0, 0.05) is 0 Å². The van der Waals surface area contributed by atoms with Crippen molar-refractivity contribution in [1.82, 2.24) is 5.32 Å². The first-order valence-corrected chi connectivity index (χ1v) is 11.6. The highest BCUT2D eigenvalue weighted by molar-refractivity contribution is 8.18. The van der Waals surface area contributed by atoms with Crippen molar-refractivity contribution in [2.24, 2.45) is 4.99 Å². The number of ether oxygens (including phenoxy) is 2. The normalized spacial score (nSPS) is 15.6. The van der Waals surface area contributed by atoms with Gasteiger partial charge in [-0.2, -0.15) is 0 Å². The minimum Gasteiger partial charge on any atom is -0.497 e. The summed E-state index contributed by atoms with van der Waals surface area (Å²) in [6, 6.07) is 29.7. The number of amides is 1. The Balaban J connectivity index is 1.22. The lowest BCUT2D eigenvalue weighted by Gasteiger charge is -2.08. The molecular formula is C28H22N2O3S. The zero-order chi connectivity index (χ0) is 23.3. The smallest absolute Gasteiger partial charge is 0.264 e. The van der Waals surface area contributed by atoms with Gasteiger partial charge in [0.1, 0.15) is 18.1 Å². The average Bonchev–Trinajstić information content (AvgIpc) is 3.22. The van der Waals surface area contributed by atoms with E-state index in [0.29, 0.717) is 16.7 Å². The van der Waals surface area contributed by atoms with Crippen LogP contribution in [0.5, 0.6) is 11.5 Å². The number of amidine groups is 1. The quantitative estimate of drug-likeness (QED) is 0.338. The summed E-state index contributed by atoms with van der Waals surface area (Å²) in [4.78, 5) is 17.5. The van der Waals surface area contributed by atoms with Crippen LogP contribution in [-0.2, 0) is 11.4 Å². The van der Waals surface area contributed by atoms with E-state index in [0.717, 1.165) is 28.3 Å². The lowest BCUT2D eigenvalue weighted by molar-refractivity contribution is -0.115. The molecule has 5 rings (SSSR count). The van der Waals surface area contributed by atoms with E-state index in [1.54, 1.807) is 7.11 Å². The second kappa shape index (κ2) is 9.85. The Morgan fingerprint density at radius 3 is 2.38 bits per heavy atom. The van der Waals surface area contributed by atoms with Crippen molar-refractivity contribution < 1.29 is 14.3 Å². The molecule has 1 aliphatic heterocycles. The third kappa shape index (κ3) is 5.13. The first-order chi connectivity index (χ1) is 16.7. The molecule has 4 aromatic carbocycles. The summed E-state index contributed by atoms with van der Waals surface area (Å²) in [5, 5.41) is 5.79. The number of aliphatic imine (C=N–C) groups is 1. The van der Waals surface area contributed by atoms with E-state index in [1.807, 2.05) is 66.7 Å². The van der Waals surface area contributed by atoms with Gasteiger partial charge in [0.25, 0.3) is 5.91 Å². The third-order valence-electron chi connectivity index (χ3n) is 5.35. The van der Waals surface area contributed by atoms with Crippen molar-refractivity contribution in [2.75, 3.05) is 7.11 Å². The maximum atomic E-state index is 12.4. The minimum absolute atomic E-state index is 0.158. The lowest BCUT2D eigenvalue weighted by atomic mass is 10.1. The van der Waals surface area contributed by atoms with E-state index >= 15 is 0 Å². The molecule has 34 heavy (non-hydrogen) atoms. The molecule has 5 nitrogen and oxygen atoms in total. The number of nitrogens with zero attached hydrogens (tertiary/aromatic N) is 1. The monoisotopic (exact) mass is 466 g/mol. The highest BCUT2D eigenvalue weighted by Gasteiger charge is 2.23. The van der Waals surface area contributed by atoms with Crippen LogP contribution in [0, 0.1) is 0 Å². The van der Waals surface area contributed by atoms with E-state index in [4.69, 9.17) is 9.47 Å². The molecule has 0 saturated carbocycles. The van der Waals surface area contributed by atoms with E-state index in [1.165, 1.54) is 22.5 Å². The largest absolute Gasteiger partial charge is 0.497 e. The highest BCUT2D eigenvalue weighted by Crippen LogP contribution is 2.29. The van der Waals surface area contributed by atoms with Crippen molar-refractivity contribution in [2.45, 2.75) is 6.61 Å². The van der Waals surface area contributed by atoms with E-state index in [-0.39, 0.29) is 5.91 Å². The van der Waals surface area contributed by atoms with Gasteiger partial charge in [-0.25, -0.2) is 4.99 Å². The summed E-state index contributed by atoms with van der Waals surface area (Å²) in [6.07, 6.45) is 1.85. The van der Waals surface area contributed by atoms with Crippen molar-refractivity contribution >= 4 is 45.4 Å². The second-order valence-corrected chi connectivity index (χ2v) is 8.75. The van der Waals surface area contributed by atoms with E-state index < -0.39 is 0 Å². The van der Waals surface area contributed by atoms with E-state index in [2.05, 4.69) is 40.6 Å². The van der Waals surface area contributed by atoms with Gasteiger partial charge in [0.05, 0.1) is 17.7 Å². The van der Waals surface area contributed by atoms with Gasteiger partial charge in [-0.3, -0.25) is 4.79 Å². The predicted molar refractivity (Wildman–Crippen MR) is 139 cm³/mol. The fourth-order valence-corrected chi connectivity index (χ4v) is 4.40. The Morgan fingerprint density at radius 2 is 1.62 bits per heavy atom. The zero-order valence-electron chi connectivity index (χ0n) is 18.5. The Labute approximate surface area is 202 Å². The Morgan fingerprint density at radius 1 is 0.882 bits per heavy atom. The van der Waals surface area contributed by atoms with Crippen LogP contribution in [-0.4, -0.2) is 18.2 Å². The van der Waals surface area contributed by atoms with Crippen LogP contribution in [0.2, 0.25) is 0 Å². The van der Waals surface area contributed by atoms with Gasteiger partial charge < -0.3 is 14.8 Å². The summed E-state index contributed by atoms with van der Waals surface area (Å²) in [5.74, 6) is 1.38. The van der Waals surface area contributed by atoms with Crippen LogP contribution in [0.15, 0.2) is 101 Å². The first-order valence-electron chi connectivity index (χ1n) is 10.8. The molecule has 0 unspecified atom stereocenters. The van der Waals surface area contributed by atoms with Crippen molar-refractivity contribution in [3.8, 4) is 11.5 Å². The predicted octanol–water partition coefficient (Wildman–Crippen LogP) is 6.32. The lowest BCUT2D eigenvalue weighted by Crippen LogP contribution is -2.19. The summed E-state index contributed by atoms with van der Waals surface area (Å²) >= 11 is 1.32. The molecule has 1 aliphatic rings. The fraction of sp³-hybridized carbons (Fsp3) is 0.0714. The topological polar surface area (TPSA) is 59.9 Å². The van der Waals surface area contributed by atoms with Gasteiger partial charge in [-0.05, 0) is 82.2 Å². The van der Waals surface area contributed by atoms with Crippen LogP contribution in [0.25, 0.3) is 16.8 Å². The highest BCUT2D eigenvalue weighted by atomic mass is 32.2. The molecule has 1 N–H and O–H groups in total. The molecule has 4 aromatic rings. The number of carbonyl (C=O) groups is 1. The summed E-state index contributed by atoms with van der Waals surface area (Å²) in [6.45, 7) is 0.495. The first kappa shape index (κ1) is 21.8. The van der Waals surface area contributed by atoms with Crippen LogP contribution in [0.4, 0.5) is 5.69 Å². The number of nitrogens with one attached hydrogen (secondary N) is 1. The van der Waals surface area contributed by atoms with Gasteiger partial charge >= 0.3 is 0 Å². The number of rotatable bonds is 6. The summed E-state index contributed by atoms with van der Waals surface area (Å²) in [5.41, 5.74) is 2.78. The molecule has 1 amide bonds. The molecular weight excluding hydrogens is 444 g/mol. The number of thioether (sulfide) groups is 1. The summed E-state index contributed by atoms with van der Waals surface area (Å²) < 4.78 is 11.1. The van der Waals surface area contributed by atoms with Crippen LogP contribution in [0.1, 0.15) is 11.1 Å². The number of hydrogen-bond donors (Lipinski definition) is 1. The molecule has 0 aromatic heterocycles. The average molecular weight is 467 g/mol. The van der Waals surface area contributed by atoms with Crippen LogP contribution in [0.3, 0.4) is 0 Å². The molecule has 1 saturated heterocycles. The van der Waals surface area contributed by atoms with Crippen molar-refractivity contribution in [1.29, 1.82) is 0 Å². The van der Waals surface area contributed by atoms with Crippen LogP contribution >= 0.6 is 11.8 Å². The minimum atomic E-state index is -0.158. The Bertz CT molecular complexity index is 1390. The van der Waals surface area contributed by atoms with Gasteiger partial charge in [0.2, 0.25) is 0 Å². The molecule has 0 bridgehead atoms. The number of carbonyl (C=O) groups excluding carboxylic acids is 1. The zero-order valence-corrected chi connectivity index (χ0v) is 19.3. The number of fused-ring (bicyclic) bond motifs is 1. The maximum absolute atomic E-state index is 12.4. The molecule has 1 heterocycles. The fourth-order valence-electron chi connectivity index (χ4n) is 3.56. The van der Waals surface area contributed by atoms with Gasteiger partial charge in [-0.1, -0.05) is 48.5 Å². The SMILES string of the molecule is COc1ccc(N=C2NC(=O)/C(=C\c3ccc(OCc4ccc5ccccc5c4)cc3)S2)cc1. The van der Waals surface area contributed by atoms with E-state index in [9.17, 15) is 4.79 Å². The molecule has 0 spiro atoms. The standard InChI is InChI=1S/C28H22N2O3S/c1-32-24-14-10-23(11-15-24)29-28-30-27(31)26(34-28)17-19-7-12-25(13-8-19)33-18-20-6-9-21-4-2-3-5-22(21)16-20/h2-17H,18H2,1H3,(H,29,30,31)/b26-17+. The molecule has 6 heteroatoms. The van der Waals surface area contributed by atoms with Gasteiger partial charge in [-0.15, -0.1) is 0 Å². The van der Waals surface area contributed by atoms with Crippen molar-refractivity contribution in [3.63, 3.8) is 0 Å². The molecule has 0 aliphatic carbocycles. The van der Waals surface area contributed by atoms with Crippen molar-refractivity contribution in [3.05, 3.63) is 107 Å². The third-order valence-corrected chi connectivity index (χ3v) is 6.26. The second-order valence-electron chi connectivity index (χ2n) is 7.72. The Kier molecular flexibility index (Phi) is 6.31. The molecule has 0 atom stereocenters.